The molecule has 1 saturated heterocycles. The predicted octanol–water partition coefficient (Wildman–Crippen LogP) is 3.40. The smallest absolute Gasteiger partial charge is 0.258 e. The molecule has 1 aliphatic heterocycles. The van der Waals surface area contributed by atoms with Crippen LogP contribution in [0.4, 0.5) is 10.1 Å². The molecular weight excluding hydrogens is 337 g/mol. The van der Waals surface area contributed by atoms with Gasteiger partial charge in [0.1, 0.15) is 11.6 Å². The van der Waals surface area contributed by atoms with Gasteiger partial charge in [0.15, 0.2) is 5.82 Å². The first kappa shape index (κ1) is 16.3. The van der Waals surface area contributed by atoms with Crippen LogP contribution in [0.25, 0.3) is 11.5 Å². The number of carbonyl (C=O) groups is 1. The minimum Gasteiger partial charge on any atom is -0.497 e. The fraction of sp³-hybridized carbons (Fsp3) is 0.211. The molecule has 2 aromatic carbocycles. The van der Waals surface area contributed by atoms with E-state index in [0.717, 1.165) is 5.56 Å². The second-order valence-corrected chi connectivity index (χ2v) is 6.07. The highest BCUT2D eigenvalue weighted by Gasteiger charge is 2.34. The van der Waals surface area contributed by atoms with Crippen LogP contribution in [0.1, 0.15) is 18.2 Å². The van der Waals surface area contributed by atoms with Crippen molar-refractivity contribution in [2.24, 2.45) is 0 Å². The van der Waals surface area contributed by atoms with Gasteiger partial charge in [-0.2, -0.15) is 4.98 Å². The Morgan fingerprint density at radius 2 is 2.04 bits per heavy atom. The zero-order valence-corrected chi connectivity index (χ0v) is 14.1. The number of hydrogen-bond acceptors (Lipinski definition) is 5. The second-order valence-electron chi connectivity index (χ2n) is 6.07. The van der Waals surface area contributed by atoms with Crippen LogP contribution in [-0.2, 0) is 4.79 Å². The van der Waals surface area contributed by atoms with Gasteiger partial charge in [0.2, 0.25) is 5.91 Å². The zero-order valence-electron chi connectivity index (χ0n) is 14.1. The molecule has 1 aliphatic rings. The van der Waals surface area contributed by atoms with Crippen LogP contribution in [0.15, 0.2) is 53.1 Å². The largest absolute Gasteiger partial charge is 0.497 e. The first-order chi connectivity index (χ1) is 12.6. The monoisotopic (exact) mass is 353 g/mol. The quantitative estimate of drug-likeness (QED) is 0.719. The lowest BCUT2D eigenvalue weighted by molar-refractivity contribution is -0.117. The molecule has 0 aliphatic carbocycles. The number of carbonyl (C=O) groups excluding carboxylic acids is 1. The lowest BCUT2D eigenvalue weighted by atomic mass is 10.1. The summed E-state index contributed by atoms with van der Waals surface area (Å²) in [5.41, 5.74) is 1.42. The van der Waals surface area contributed by atoms with Gasteiger partial charge in [0.25, 0.3) is 5.89 Å². The summed E-state index contributed by atoms with van der Waals surface area (Å²) in [6.07, 6.45) is 0.286. The topological polar surface area (TPSA) is 68.5 Å². The Morgan fingerprint density at radius 3 is 2.81 bits per heavy atom. The number of nitrogens with zero attached hydrogens (tertiary/aromatic N) is 3. The first-order valence-electron chi connectivity index (χ1n) is 8.18. The highest BCUT2D eigenvalue weighted by atomic mass is 19.1. The minimum atomic E-state index is -0.335. The van der Waals surface area contributed by atoms with Crippen molar-refractivity contribution in [1.82, 2.24) is 10.1 Å². The summed E-state index contributed by atoms with van der Waals surface area (Å²) in [5.74, 6) is 1.01. The molecule has 1 aromatic heterocycles. The first-order valence-corrected chi connectivity index (χ1v) is 8.18. The molecule has 2 heterocycles. The van der Waals surface area contributed by atoms with Crippen molar-refractivity contribution in [3.63, 3.8) is 0 Å². The second kappa shape index (κ2) is 6.59. The Kier molecular flexibility index (Phi) is 4.12. The van der Waals surface area contributed by atoms with Crippen LogP contribution < -0.4 is 9.64 Å². The van der Waals surface area contributed by atoms with Crippen LogP contribution in [0.5, 0.6) is 5.75 Å². The minimum absolute atomic E-state index is 0.0469. The van der Waals surface area contributed by atoms with Gasteiger partial charge in [0.05, 0.1) is 7.11 Å². The van der Waals surface area contributed by atoms with E-state index in [1.165, 1.54) is 12.1 Å². The van der Waals surface area contributed by atoms with E-state index >= 15 is 0 Å². The highest BCUT2D eigenvalue weighted by Crippen LogP contribution is 2.32. The van der Waals surface area contributed by atoms with Crippen molar-refractivity contribution < 1.29 is 18.4 Å². The van der Waals surface area contributed by atoms with E-state index in [9.17, 15) is 9.18 Å². The number of hydrogen-bond donors (Lipinski definition) is 0. The predicted molar refractivity (Wildman–Crippen MR) is 92.4 cm³/mol. The number of methoxy groups -OCH3 is 1. The number of amides is 1. The molecule has 0 spiro atoms. The van der Waals surface area contributed by atoms with Gasteiger partial charge in [-0.15, -0.1) is 0 Å². The van der Waals surface area contributed by atoms with Gasteiger partial charge in [-0.1, -0.05) is 11.2 Å². The Bertz CT molecular complexity index is 939. The number of aromatic nitrogens is 2. The normalized spacial score (nSPS) is 16.9. The van der Waals surface area contributed by atoms with Crippen molar-refractivity contribution in [3.8, 4) is 17.2 Å². The molecule has 0 radical (unpaired) electrons. The van der Waals surface area contributed by atoms with Crippen molar-refractivity contribution >= 4 is 11.6 Å². The number of benzene rings is 2. The molecule has 0 bridgehead atoms. The van der Waals surface area contributed by atoms with E-state index in [1.807, 2.05) is 24.3 Å². The molecule has 26 heavy (non-hydrogen) atoms. The van der Waals surface area contributed by atoms with Crippen LogP contribution in [0.3, 0.4) is 0 Å². The van der Waals surface area contributed by atoms with Gasteiger partial charge >= 0.3 is 0 Å². The van der Waals surface area contributed by atoms with Gasteiger partial charge in [-0.25, -0.2) is 4.39 Å². The molecule has 6 nitrogen and oxygen atoms in total. The Balaban J connectivity index is 1.54. The summed E-state index contributed by atoms with van der Waals surface area (Å²) in [4.78, 5) is 18.4. The third-order valence-corrected chi connectivity index (χ3v) is 4.39. The fourth-order valence-electron chi connectivity index (χ4n) is 3.03. The zero-order chi connectivity index (χ0) is 18.1. The van der Waals surface area contributed by atoms with E-state index in [2.05, 4.69) is 10.1 Å². The number of halogens is 1. The number of rotatable bonds is 4. The molecule has 0 unspecified atom stereocenters. The molecule has 132 valence electrons. The average molecular weight is 353 g/mol. The van der Waals surface area contributed by atoms with Gasteiger partial charge in [-0.05, 0) is 42.5 Å². The maximum atomic E-state index is 13.1. The van der Waals surface area contributed by atoms with E-state index in [0.29, 0.717) is 29.7 Å². The Labute approximate surface area is 149 Å². The summed E-state index contributed by atoms with van der Waals surface area (Å²) in [6.45, 7) is 0.432. The number of anilines is 1. The molecule has 1 amide bonds. The van der Waals surface area contributed by atoms with Crippen molar-refractivity contribution in [3.05, 3.63) is 60.2 Å². The summed E-state index contributed by atoms with van der Waals surface area (Å²) in [7, 11) is 1.59. The maximum absolute atomic E-state index is 13.1. The summed E-state index contributed by atoms with van der Waals surface area (Å²) in [6, 6.07) is 13.2. The lowest BCUT2D eigenvalue weighted by Crippen LogP contribution is -2.24. The Hall–Kier alpha value is -3.22. The molecule has 3 aromatic rings. The summed E-state index contributed by atoms with van der Waals surface area (Å²) in [5, 5.41) is 4.04. The average Bonchev–Trinajstić information content (AvgIpc) is 3.29. The third kappa shape index (κ3) is 3.03. The number of ether oxygens (including phenoxy) is 1. The fourth-order valence-corrected chi connectivity index (χ4v) is 3.03. The Morgan fingerprint density at radius 1 is 1.23 bits per heavy atom. The van der Waals surface area contributed by atoms with E-state index in [-0.39, 0.29) is 24.1 Å². The van der Waals surface area contributed by atoms with Crippen molar-refractivity contribution in [2.45, 2.75) is 12.3 Å². The van der Waals surface area contributed by atoms with Crippen LogP contribution in [0, 0.1) is 5.82 Å². The third-order valence-electron chi connectivity index (χ3n) is 4.39. The molecule has 1 fully saturated rings. The maximum Gasteiger partial charge on any atom is 0.258 e. The molecule has 7 heteroatoms. The standard InChI is InChI=1S/C19H16FN3O3/c1-25-16-4-2-3-12(9-16)19-21-18(22-26-19)13-10-17(24)23(11-13)15-7-5-14(20)6-8-15/h2-9,13H,10-11H2,1H3/t13-/m1/s1. The molecule has 1 atom stereocenters. The van der Waals surface area contributed by atoms with Crippen LogP contribution in [0.2, 0.25) is 0 Å². The summed E-state index contributed by atoms with van der Waals surface area (Å²) >= 11 is 0. The SMILES string of the molecule is COc1cccc(-c2nc([C@@H]3CC(=O)N(c4ccc(F)cc4)C3)no2)c1. The highest BCUT2D eigenvalue weighted by molar-refractivity contribution is 5.96. The molecule has 4 rings (SSSR count). The van der Waals surface area contributed by atoms with E-state index in [4.69, 9.17) is 9.26 Å². The van der Waals surface area contributed by atoms with Crippen molar-refractivity contribution in [2.75, 3.05) is 18.6 Å². The van der Waals surface area contributed by atoms with Gasteiger partial charge in [-0.3, -0.25) is 4.79 Å². The summed E-state index contributed by atoms with van der Waals surface area (Å²) < 4.78 is 23.6. The van der Waals surface area contributed by atoms with E-state index in [1.54, 1.807) is 24.1 Å². The molecule has 0 N–H and O–H groups in total. The van der Waals surface area contributed by atoms with Crippen molar-refractivity contribution in [1.29, 1.82) is 0 Å². The molecular formula is C19H16FN3O3. The van der Waals surface area contributed by atoms with Crippen LogP contribution in [-0.4, -0.2) is 29.7 Å². The van der Waals surface area contributed by atoms with Gasteiger partial charge < -0.3 is 14.2 Å². The van der Waals surface area contributed by atoms with E-state index < -0.39 is 0 Å². The lowest BCUT2D eigenvalue weighted by Gasteiger charge is -2.15. The van der Waals surface area contributed by atoms with Gasteiger partial charge in [0, 0.05) is 30.1 Å². The van der Waals surface area contributed by atoms with Crippen LogP contribution >= 0.6 is 0 Å². The molecule has 0 saturated carbocycles.